The number of aryl methyl sites for hydroxylation is 1. The molecular formula is C16H12Cl2N4O3S2. The first-order chi connectivity index (χ1) is 12.7. The third-order valence-electron chi connectivity index (χ3n) is 3.25. The molecule has 1 amide bonds. The van der Waals surface area contributed by atoms with Gasteiger partial charge >= 0.3 is 0 Å². The van der Waals surface area contributed by atoms with E-state index in [9.17, 15) is 13.2 Å². The van der Waals surface area contributed by atoms with Crippen LogP contribution in [-0.4, -0.2) is 24.5 Å². The molecule has 0 unspecified atom stereocenters. The van der Waals surface area contributed by atoms with Gasteiger partial charge in [0.25, 0.3) is 20.3 Å². The molecule has 11 heteroatoms. The van der Waals surface area contributed by atoms with Crippen molar-refractivity contribution in [3.05, 3.63) is 63.6 Å². The Morgan fingerprint density at radius 1 is 1.07 bits per heavy atom. The molecule has 0 fully saturated rings. The zero-order chi connectivity index (χ0) is 19.6. The molecule has 0 saturated carbocycles. The molecule has 3 aromatic rings. The lowest BCUT2D eigenvalue weighted by Gasteiger charge is -2.06. The lowest BCUT2D eigenvalue weighted by molar-refractivity contribution is 0.102. The summed E-state index contributed by atoms with van der Waals surface area (Å²) in [6, 6.07) is 11.3. The maximum absolute atomic E-state index is 12.4. The molecule has 1 aromatic heterocycles. The Morgan fingerprint density at radius 3 is 2.44 bits per heavy atom. The largest absolute Gasteiger partial charge is 0.296 e. The first-order valence-electron chi connectivity index (χ1n) is 7.43. The van der Waals surface area contributed by atoms with Crippen molar-refractivity contribution in [1.29, 1.82) is 0 Å². The number of anilines is 2. The Bertz CT molecular complexity index is 1100. The van der Waals surface area contributed by atoms with E-state index >= 15 is 0 Å². The van der Waals surface area contributed by atoms with E-state index in [0.29, 0.717) is 5.56 Å². The summed E-state index contributed by atoms with van der Waals surface area (Å²) >= 11 is 12.5. The molecule has 0 spiro atoms. The van der Waals surface area contributed by atoms with Gasteiger partial charge < -0.3 is 0 Å². The average molecular weight is 443 g/mol. The van der Waals surface area contributed by atoms with E-state index in [2.05, 4.69) is 20.2 Å². The summed E-state index contributed by atoms with van der Waals surface area (Å²) in [5, 5.41) is 10.5. The molecule has 2 aromatic carbocycles. The standard InChI is InChI=1S/C16H12Cl2N4O3S2/c1-9-3-2-4-10(5-9)14(23)19-15-20-21-16(26-15)27(24,25)22-13-7-11(17)6-12(18)8-13/h2-8,22H,1H3,(H,19,20,23). The maximum atomic E-state index is 12.4. The summed E-state index contributed by atoms with van der Waals surface area (Å²) in [4.78, 5) is 12.2. The SMILES string of the molecule is Cc1cccc(C(=O)Nc2nnc(S(=O)(=O)Nc3cc(Cl)cc(Cl)c3)s2)c1. The minimum absolute atomic E-state index is 0.0611. The molecule has 0 saturated heterocycles. The third-order valence-corrected chi connectivity index (χ3v) is 6.28. The van der Waals surface area contributed by atoms with Crippen LogP contribution in [0.25, 0.3) is 0 Å². The summed E-state index contributed by atoms with van der Waals surface area (Å²) in [7, 11) is -4.01. The fourth-order valence-electron chi connectivity index (χ4n) is 2.14. The van der Waals surface area contributed by atoms with Gasteiger partial charge in [-0.1, -0.05) is 52.2 Å². The zero-order valence-corrected chi connectivity index (χ0v) is 16.9. The molecule has 3 rings (SSSR count). The van der Waals surface area contributed by atoms with Crippen molar-refractivity contribution in [1.82, 2.24) is 10.2 Å². The second kappa shape index (κ2) is 7.81. The monoisotopic (exact) mass is 442 g/mol. The van der Waals surface area contributed by atoms with Crippen LogP contribution in [0.5, 0.6) is 0 Å². The van der Waals surface area contributed by atoms with Gasteiger partial charge in [-0.2, -0.15) is 8.42 Å². The van der Waals surface area contributed by atoms with E-state index in [1.54, 1.807) is 18.2 Å². The molecule has 0 aliphatic heterocycles. The van der Waals surface area contributed by atoms with Crippen LogP contribution < -0.4 is 10.0 Å². The summed E-state index contributed by atoms with van der Waals surface area (Å²) < 4.78 is 26.9. The number of carbonyl (C=O) groups excluding carboxylic acids is 1. The number of benzene rings is 2. The molecule has 0 atom stereocenters. The van der Waals surface area contributed by atoms with Crippen LogP contribution in [0.4, 0.5) is 10.8 Å². The van der Waals surface area contributed by atoms with Crippen molar-refractivity contribution < 1.29 is 13.2 Å². The fourth-order valence-corrected chi connectivity index (χ4v) is 4.60. The van der Waals surface area contributed by atoms with E-state index in [1.165, 1.54) is 18.2 Å². The average Bonchev–Trinajstić information content (AvgIpc) is 3.03. The molecule has 0 bridgehead atoms. The highest BCUT2D eigenvalue weighted by molar-refractivity contribution is 7.94. The summed E-state index contributed by atoms with van der Waals surface area (Å²) in [5.74, 6) is -0.409. The van der Waals surface area contributed by atoms with Crippen molar-refractivity contribution in [3.63, 3.8) is 0 Å². The quantitative estimate of drug-likeness (QED) is 0.576. The van der Waals surface area contributed by atoms with E-state index in [-0.39, 0.29) is 25.2 Å². The van der Waals surface area contributed by atoms with Crippen LogP contribution in [-0.2, 0) is 10.0 Å². The van der Waals surface area contributed by atoms with Crippen LogP contribution in [0, 0.1) is 6.92 Å². The van der Waals surface area contributed by atoms with E-state index in [0.717, 1.165) is 16.9 Å². The summed E-state index contributed by atoms with van der Waals surface area (Å²) in [6.45, 7) is 1.86. The lowest BCUT2D eigenvalue weighted by Crippen LogP contribution is -2.12. The Kier molecular flexibility index (Phi) is 5.66. The number of nitrogens with one attached hydrogen (secondary N) is 2. The molecule has 1 heterocycles. The third kappa shape index (κ3) is 4.95. The first kappa shape index (κ1) is 19.6. The number of aromatic nitrogens is 2. The number of hydrogen-bond acceptors (Lipinski definition) is 6. The van der Waals surface area contributed by atoms with E-state index in [1.807, 2.05) is 13.0 Å². The van der Waals surface area contributed by atoms with Crippen LogP contribution in [0.3, 0.4) is 0 Å². The number of halogens is 2. The number of nitrogens with zero attached hydrogens (tertiary/aromatic N) is 2. The Balaban J connectivity index is 1.77. The molecule has 0 aliphatic carbocycles. The Morgan fingerprint density at radius 2 is 1.78 bits per heavy atom. The zero-order valence-electron chi connectivity index (χ0n) is 13.7. The van der Waals surface area contributed by atoms with Crippen molar-refractivity contribution in [3.8, 4) is 0 Å². The van der Waals surface area contributed by atoms with Gasteiger partial charge in [-0.3, -0.25) is 14.8 Å². The van der Waals surface area contributed by atoms with Gasteiger partial charge in [0.2, 0.25) is 5.13 Å². The second-order valence-corrected chi connectivity index (χ2v) is 9.17. The molecule has 140 valence electrons. The fraction of sp³-hybridized carbons (Fsp3) is 0.0625. The van der Waals surface area contributed by atoms with Gasteiger partial charge in [0.1, 0.15) is 0 Å². The van der Waals surface area contributed by atoms with Crippen molar-refractivity contribution in [2.75, 3.05) is 10.0 Å². The molecule has 0 aliphatic rings. The molecule has 7 nitrogen and oxygen atoms in total. The van der Waals surface area contributed by atoms with Crippen LogP contribution in [0.15, 0.2) is 46.8 Å². The highest BCUT2D eigenvalue weighted by Crippen LogP contribution is 2.26. The number of hydrogen-bond donors (Lipinski definition) is 2. The molecule has 2 N–H and O–H groups in total. The predicted octanol–water partition coefficient (Wildman–Crippen LogP) is 4.21. The normalized spacial score (nSPS) is 11.2. The van der Waals surface area contributed by atoms with Gasteiger partial charge in [0, 0.05) is 15.6 Å². The van der Waals surface area contributed by atoms with Gasteiger partial charge in [-0.05, 0) is 37.3 Å². The van der Waals surface area contributed by atoms with Crippen LogP contribution in [0.1, 0.15) is 15.9 Å². The molecule has 27 heavy (non-hydrogen) atoms. The highest BCUT2D eigenvalue weighted by atomic mass is 35.5. The second-order valence-electron chi connectivity index (χ2n) is 5.46. The van der Waals surface area contributed by atoms with Crippen LogP contribution in [0.2, 0.25) is 10.0 Å². The van der Waals surface area contributed by atoms with Crippen molar-refractivity contribution in [2.45, 2.75) is 11.3 Å². The minimum Gasteiger partial charge on any atom is -0.296 e. The number of amides is 1. The number of sulfonamides is 1. The van der Waals surface area contributed by atoms with Crippen LogP contribution >= 0.6 is 34.5 Å². The predicted molar refractivity (Wildman–Crippen MR) is 106 cm³/mol. The molecule has 0 radical (unpaired) electrons. The summed E-state index contributed by atoms with van der Waals surface area (Å²) in [6.07, 6.45) is 0. The summed E-state index contributed by atoms with van der Waals surface area (Å²) in [5.41, 5.74) is 1.54. The van der Waals surface area contributed by atoms with Crippen molar-refractivity contribution in [2.24, 2.45) is 0 Å². The van der Waals surface area contributed by atoms with Crippen molar-refractivity contribution >= 4 is 61.3 Å². The topological polar surface area (TPSA) is 101 Å². The van der Waals surface area contributed by atoms with E-state index in [4.69, 9.17) is 23.2 Å². The first-order valence-corrected chi connectivity index (χ1v) is 10.5. The smallest absolute Gasteiger partial charge is 0.291 e. The lowest BCUT2D eigenvalue weighted by atomic mass is 10.1. The highest BCUT2D eigenvalue weighted by Gasteiger charge is 2.21. The number of carbonyl (C=O) groups is 1. The minimum atomic E-state index is -4.01. The Hall–Kier alpha value is -2.20. The molecular weight excluding hydrogens is 431 g/mol. The Labute approximate surface area is 169 Å². The number of rotatable bonds is 5. The van der Waals surface area contributed by atoms with Gasteiger partial charge in [-0.15, -0.1) is 10.2 Å². The van der Waals surface area contributed by atoms with Gasteiger partial charge in [0.15, 0.2) is 0 Å². The van der Waals surface area contributed by atoms with Gasteiger partial charge in [0.05, 0.1) is 5.69 Å². The maximum Gasteiger partial charge on any atom is 0.291 e. The van der Waals surface area contributed by atoms with E-state index < -0.39 is 15.9 Å². The van der Waals surface area contributed by atoms with Gasteiger partial charge in [-0.25, -0.2) is 0 Å².